The van der Waals surface area contributed by atoms with Crippen LogP contribution < -0.4 is 0 Å². The van der Waals surface area contributed by atoms with Crippen LogP contribution in [0.15, 0.2) is 27.4 Å². The predicted molar refractivity (Wildman–Crippen MR) is 85.0 cm³/mol. The summed E-state index contributed by atoms with van der Waals surface area (Å²) in [6.45, 7) is 4.08. The zero-order valence-electron chi connectivity index (χ0n) is 10.4. The third kappa shape index (κ3) is 2.18. The summed E-state index contributed by atoms with van der Waals surface area (Å²) in [5.41, 5.74) is 4.20. The van der Waals surface area contributed by atoms with Crippen molar-refractivity contribution in [2.75, 3.05) is 0 Å². The van der Waals surface area contributed by atoms with Crippen molar-refractivity contribution in [3.8, 4) is 11.4 Å². The largest absolute Gasteiger partial charge is 0.228 e. The van der Waals surface area contributed by atoms with E-state index in [9.17, 15) is 0 Å². The minimum absolute atomic E-state index is 0.501. The van der Waals surface area contributed by atoms with E-state index in [1.54, 1.807) is 11.3 Å². The molecule has 19 heavy (non-hydrogen) atoms. The smallest absolute Gasteiger partial charge is 0.162 e. The molecule has 0 N–H and O–H groups in total. The first-order chi connectivity index (χ1) is 9.08. The van der Waals surface area contributed by atoms with Crippen LogP contribution in [0.4, 0.5) is 0 Å². The molecule has 0 radical (unpaired) electrons. The molecule has 0 saturated heterocycles. The summed E-state index contributed by atoms with van der Waals surface area (Å²) in [7, 11) is 0. The van der Waals surface area contributed by atoms with Crippen molar-refractivity contribution in [1.29, 1.82) is 0 Å². The summed E-state index contributed by atoms with van der Waals surface area (Å²) in [5, 5.41) is 5.53. The summed E-state index contributed by atoms with van der Waals surface area (Å²) in [4.78, 5) is 9.10. The topological polar surface area (TPSA) is 25.8 Å². The molecule has 2 aromatic heterocycles. The molecule has 0 saturated carbocycles. The standard InChI is InChI=1S/C14H10BrClN2S/c1-7-5-19-6-10(7)14-17-12-8(2)11(15)4-3-9(12)13(16)18-14/h3-6H,1-2H3. The fraction of sp³-hybridized carbons (Fsp3) is 0.143. The third-order valence-corrected chi connectivity index (χ3v) is 5.11. The van der Waals surface area contributed by atoms with Gasteiger partial charge >= 0.3 is 0 Å². The van der Waals surface area contributed by atoms with E-state index in [0.717, 1.165) is 26.5 Å². The Morgan fingerprint density at radius 2 is 1.95 bits per heavy atom. The van der Waals surface area contributed by atoms with Crippen LogP contribution in [-0.2, 0) is 0 Å². The van der Waals surface area contributed by atoms with E-state index >= 15 is 0 Å². The number of halogens is 2. The first-order valence-electron chi connectivity index (χ1n) is 5.73. The van der Waals surface area contributed by atoms with Gasteiger partial charge in [0.15, 0.2) is 5.82 Å². The van der Waals surface area contributed by atoms with Crippen LogP contribution in [0.1, 0.15) is 11.1 Å². The lowest BCUT2D eigenvalue weighted by Gasteiger charge is -2.07. The zero-order chi connectivity index (χ0) is 13.6. The number of aryl methyl sites for hydroxylation is 2. The lowest BCUT2D eigenvalue weighted by atomic mass is 10.1. The predicted octanol–water partition coefficient (Wildman–Crippen LogP) is 5.39. The summed E-state index contributed by atoms with van der Waals surface area (Å²) in [5.74, 6) is 0.692. The number of fused-ring (bicyclic) bond motifs is 1. The minimum atomic E-state index is 0.501. The Bertz CT molecular complexity index is 782. The molecule has 0 spiro atoms. The molecule has 2 nitrogen and oxygen atoms in total. The first-order valence-corrected chi connectivity index (χ1v) is 7.85. The molecule has 0 unspecified atom stereocenters. The van der Waals surface area contributed by atoms with Gasteiger partial charge in [-0.1, -0.05) is 27.5 Å². The van der Waals surface area contributed by atoms with Crippen molar-refractivity contribution in [3.05, 3.63) is 43.6 Å². The number of aromatic nitrogens is 2. The van der Waals surface area contributed by atoms with Crippen LogP contribution in [-0.4, -0.2) is 9.97 Å². The lowest BCUT2D eigenvalue weighted by molar-refractivity contribution is 1.21. The normalized spacial score (nSPS) is 11.2. The highest BCUT2D eigenvalue weighted by Gasteiger charge is 2.13. The third-order valence-electron chi connectivity index (χ3n) is 3.11. The number of rotatable bonds is 1. The van der Waals surface area contributed by atoms with Crippen LogP contribution in [0.5, 0.6) is 0 Å². The number of nitrogens with zero attached hydrogens (tertiary/aromatic N) is 2. The Kier molecular flexibility index (Phi) is 3.33. The SMILES string of the molecule is Cc1cscc1-c1nc(Cl)c2ccc(Br)c(C)c2n1. The summed E-state index contributed by atoms with van der Waals surface area (Å²) in [6.07, 6.45) is 0. The van der Waals surface area contributed by atoms with Gasteiger partial charge in [0.25, 0.3) is 0 Å². The van der Waals surface area contributed by atoms with E-state index in [-0.39, 0.29) is 0 Å². The second-order valence-electron chi connectivity index (χ2n) is 4.38. The molecule has 5 heteroatoms. The minimum Gasteiger partial charge on any atom is -0.228 e. The lowest BCUT2D eigenvalue weighted by Crippen LogP contribution is -1.94. The van der Waals surface area contributed by atoms with Gasteiger partial charge in [0, 0.05) is 20.8 Å². The van der Waals surface area contributed by atoms with Gasteiger partial charge in [0.1, 0.15) is 5.15 Å². The Morgan fingerprint density at radius 1 is 1.16 bits per heavy atom. The first kappa shape index (κ1) is 13.0. The second-order valence-corrected chi connectivity index (χ2v) is 6.33. The molecule has 3 aromatic rings. The van der Waals surface area contributed by atoms with Gasteiger partial charge in [-0.15, -0.1) is 0 Å². The van der Waals surface area contributed by atoms with Crippen molar-refractivity contribution in [1.82, 2.24) is 9.97 Å². The van der Waals surface area contributed by atoms with Gasteiger partial charge in [-0.3, -0.25) is 0 Å². The molecule has 0 aliphatic rings. The summed E-state index contributed by atoms with van der Waals surface area (Å²) >= 11 is 11.5. The molecule has 2 heterocycles. The van der Waals surface area contributed by atoms with Gasteiger partial charge in [-0.2, -0.15) is 11.3 Å². The molecular weight excluding hydrogens is 344 g/mol. The van der Waals surface area contributed by atoms with Crippen LogP contribution in [0.25, 0.3) is 22.3 Å². The van der Waals surface area contributed by atoms with Gasteiger partial charge < -0.3 is 0 Å². The molecule has 0 bridgehead atoms. The van der Waals surface area contributed by atoms with E-state index in [1.807, 2.05) is 19.1 Å². The van der Waals surface area contributed by atoms with Crippen LogP contribution in [0, 0.1) is 13.8 Å². The molecule has 0 amide bonds. The Labute approximate surface area is 128 Å². The van der Waals surface area contributed by atoms with E-state index < -0.39 is 0 Å². The summed E-state index contributed by atoms with van der Waals surface area (Å²) < 4.78 is 1.03. The van der Waals surface area contributed by atoms with Gasteiger partial charge in [-0.25, -0.2) is 9.97 Å². The van der Waals surface area contributed by atoms with E-state index in [4.69, 9.17) is 11.6 Å². The van der Waals surface area contributed by atoms with E-state index in [0.29, 0.717) is 11.0 Å². The average molecular weight is 354 g/mol. The average Bonchev–Trinajstić information content (AvgIpc) is 2.80. The van der Waals surface area contributed by atoms with E-state index in [1.165, 1.54) is 5.56 Å². The van der Waals surface area contributed by atoms with E-state index in [2.05, 4.69) is 43.6 Å². The van der Waals surface area contributed by atoms with Crippen molar-refractivity contribution in [2.45, 2.75) is 13.8 Å². The quantitative estimate of drug-likeness (QED) is 0.548. The second kappa shape index (κ2) is 4.85. The van der Waals surface area contributed by atoms with Crippen LogP contribution >= 0.6 is 38.9 Å². The highest BCUT2D eigenvalue weighted by molar-refractivity contribution is 9.10. The Hall–Kier alpha value is -0.970. The molecular formula is C14H10BrClN2S. The number of benzene rings is 1. The van der Waals surface area contributed by atoms with Gasteiger partial charge in [-0.05, 0) is 42.5 Å². The maximum atomic E-state index is 6.29. The number of thiophene rings is 1. The monoisotopic (exact) mass is 352 g/mol. The fourth-order valence-electron chi connectivity index (χ4n) is 1.98. The molecule has 0 fully saturated rings. The molecule has 0 aliphatic heterocycles. The Balaban J connectivity index is 2.35. The maximum absolute atomic E-state index is 6.29. The van der Waals surface area contributed by atoms with Crippen molar-refractivity contribution in [3.63, 3.8) is 0 Å². The van der Waals surface area contributed by atoms with Gasteiger partial charge in [0.2, 0.25) is 0 Å². The van der Waals surface area contributed by atoms with Crippen molar-refractivity contribution >= 4 is 49.8 Å². The maximum Gasteiger partial charge on any atom is 0.162 e. The van der Waals surface area contributed by atoms with Gasteiger partial charge in [0.05, 0.1) is 5.52 Å². The molecule has 96 valence electrons. The Morgan fingerprint density at radius 3 is 2.63 bits per heavy atom. The molecule has 1 aromatic carbocycles. The number of hydrogen-bond donors (Lipinski definition) is 0. The van der Waals surface area contributed by atoms with Crippen LogP contribution in [0.3, 0.4) is 0 Å². The summed E-state index contributed by atoms with van der Waals surface area (Å²) in [6, 6.07) is 3.92. The van der Waals surface area contributed by atoms with Crippen molar-refractivity contribution in [2.24, 2.45) is 0 Å². The molecule has 3 rings (SSSR count). The fourth-order valence-corrected chi connectivity index (χ4v) is 3.36. The highest BCUT2D eigenvalue weighted by atomic mass is 79.9. The molecule has 0 atom stereocenters. The highest BCUT2D eigenvalue weighted by Crippen LogP contribution is 2.32. The molecule has 0 aliphatic carbocycles. The van der Waals surface area contributed by atoms with Crippen molar-refractivity contribution < 1.29 is 0 Å². The van der Waals surface area contributed by atoms with Crippen LogP contribution in [0.2, 0.25) is 5.15 Å². The number of hydrogen-bond acceptors (Lipinski definition) is 3. The zero-order valence-corrected chi connectivity index (χ0v) is 13.5.